The Morgan fingerprint density at radius 1 is 1.27 bits per heavy atom. The topological polar surface area (TPSA) is 67.3 Å². The zero-order chi connectivity index (χ0) is 15.7. The van der Waals surface area contributed by atoms with Gasteiger partial charge in [-0.15, -0.1) is 0 Å². The number of carbonyl (C=O) groups is 1. The molecule has 2 aromatic rings. The summed E-state index contributed by atoms with van der Waals surface area (Å²) in [5.74, 6) is -0.141. The van der Waals surface area contributed by atoms with Gasteiger partial charge in [0.25, 0.3) is 5.91 Å². The van der Waals surface area contributed by atoms with Crippen LogP contribution in [0.4, 0.5) is 0 Å². The highest BCUT2D eigenvalue weighted by molar-refractivity contribution is 7.91. The quantitative estimate of drug-likeness (QED) is 0.848. The first kappa shape index (κ1) is 15.0. The minimum Gasteiger partial charge on any atom is -0.337 e. The molecule has 116 valence electrons. The molecule has 0 saturated carbocycles. The predicted molar refractivity (Wildman–Crippen MR) is 85.5 cm³/mol. The van der Waals surface area contributed by atoms with Crippen molar-refractivity contribution in [2.45, 2.75) is 18.1 Å². The Labute approximate surface area is 129 Å². The molecule has 1 aromatic carbocycles. The second kappa shape index (κ2) is 5.68. The van der Waals surface area contributed by atoms with Crippen molar-refractivity contribution >= 4 is 26.5 Å². The fourth-order valence-electron chi connectivity index (χ4n) is 2.93. The molecule has 1 aliphatic heterocycles. The van der Waals surface area contributed by atoms with Crippen molar-refractivity contribution in [3.63, 3.8) is 0 Å². The number of amides is 1. The van der Waals surface area contributed by atoms with Crippen LogP contribution < -0.4 is 0 Å². The van der Waals surface area contributed by atoms with E-state index in [0.29, 0.717) is 24.9 Å². The number of benzene rings is 1. The maximum Gasteiger partial charge on any atom is 0.256 e. The largest absolute Gasteiger partial charge is 0.337 e. The molecule has 2 heterocycles. The van der Waals surface area contributed by atoms with Crippen LogP contribution in [0.5, 0.6) is 0 Å². The van der Waals surface area contributed by atoms with Crippen LogP contribution in [0.3, 0.4) is 0 Å². The predicted octanol–water partition coefficient (Wildman–Crippen LogP) is 1.88. The van der Waals surface area contributed by atoms with Gasteiger partial charge in [-0.25, -0.2) is 8.42 Å². The van der Waals surface area contributed by atoms with Crippen LogP contribution in [-0.4, -0.2) is 48.8 Å². The van der Waals surface area contributed by atoms with Crippen molar-refractivity contribution in [3.8, 4) is 0 Å². The lowest BCUT2D eigenvalue weighted by atomic mass is 10.0. The van der Waals surface area contributed by atoms with Gasteiger partial charge in [-0.1, -0.05) is 24.3 Å². The molecular formula is C16H18N2O3S. The molecule has 5 nitrogen and oxygen atoms in total. The van der Waals surface area contributed by atoms with E-state index in [1.165, 1.54) is 6.26 Å². The van der Waals surface area contributed by atoms with Crippen LogP contribution in [0.2, 0.25) is 0 Å². The molecule has 1 unspecified atom stereocenters. The number of hydrogen-bond acceptors (Lipinski definition) is 4. The van der Waals surface area contributed by atoms with Crippen molar-refractivity contribution in [2.24, 2.45) is 0 Å². The summed E-state index contributed by atoms with van der Waals surface area (Å²) in [6.07, 6.45) is 5.86. The van der Waals surface area contributed by atoms with Gasteiger partial charge in [0, 0.05) is 37.1 Å². The van der Waals surface area contributed by atoms with E-state index in [1.54, 1.807) is 17.3 Å². The Balaban J connectivity index is 1.93. The lowest BCUT2D eigenvalue weighted by Crippen LogP contribution is -2.45. The molecule has 1 saturated heterocycles. The second-order valence-electron chi connectivity index (χ2n) is 5.75. The summed E-state index contributed by atoms with van der Waals surface area (Å²) in [5, 5.41) is 1.29. The maximum atomic E-state index is 12.8. The smallest absolute Gasteiger partial charge is 0.256 e. The van der Waals surface area contributed by atoms with Crippen LogP contribution in [0.1, 0.15) is 23.2 Å². The van der Waals surface area contributed by atoms with Gasteiger partial charge < -0.3 is 4.90 Å². The van der Waals surface area contributed by atoms with E-state index in [1.807, 2.05) is 24.3 Å². The fourth-order valence-corrected chi connectivity index (χ4v) is 3.97. The van der Waals surface area contributed by atoms with Crippen molar-refractivity contribution in [1.29, 1.82) is 0 Å². The standard InChI is InChI=1S/C16H18N2O3S/c1-22(20,21)13-6-4-8-18(11-13)16(19)15-10-17-9-12-5-2-3-7-14(12)15/h2-3,5,7,9-10,13H,4,6,8,11H2,1H3. The zero-order valence-corrected chi connectivity index (χ0v) is 13.2. The molecule has 1 aromatic heterocycles. The highest BCUT2D eigenvalue weighted by Crippen LogP contribution is 2.22. The van der Waals surface area contributed by atoms with E-state index in [2.05, 4.69) is 4.98 Å². The van der Waals surface area contributed by atoms with Gasteiger partial charge in [-0.05, 0) is 18.2 Å². The Kier molecular flexibility index (Phi) is 3.87. The molecule has 0 bridgehead atoms. The number of aromatic nitrogens is 1. The molecule has 1 atom stereocenters. The summed E-state index contributed by atoms with van der Waals surface area (Å²) >= 11 is 0. The van der Waals surface area contributed by atoms with Gasteiger partial charge in [-0.3, -0.25) is 9.78 Å². The number of piperidine rings is 1. The third-order valence-electron chi connectivity index (χ3n) is 4.17. The highest BCUT2D eigenvalue weighted by atomic mass is 32.2. The van der Waals surface area contributed by atoms with Crippen molar-refractivity contribution in [1.82, 2.24) is 9.88 Å². The number of carbonyl (C=O) groups excluding carboxylic acids is 1. The van der Waals surface area contributed by atoms with Crippen LogP contribution in [0, 0.1) is 0 Å². The lowest BCUT2D eigenvalue weighted by molar-refractivity contribution is 0.0728. The third kappa shape index (κ3) is 2.83. The highest BCUT2D eigenvalue weighted by Gasteiger charge is 2.30. The van der Waals surface area contributed by atoms with Crippen LogP contribution >= 0.6 is 0 Å². The molecule has 0 aliphatic carbocycles. The summed E-state index contributed by atoms with van der Waals surface area (Å²) in [7, 11) is -3.13. The first-order chi connectivity index (χ1) is 10.5. The van der Waals surface area contributed by atoms with E-state index in [4.69, 9.17) is 0 Å². The Morgan fingerprint density at radius 3 is 2.82 bits per heavy atom. The molecule has 0 spiro atoms. The summed E-state index contributed by atoms with van der Waals surface area (Å²) in [5.41, 5.74) is 0.534. The number of hydrogen-bond donors (Lipinski definition) is 0. The normalized spacial score (nSPS) is 19.3. The minimum absolute atomic E-state index is 0.141. The summed E-state index contributed by atoms with van der Waals surface area (Å²) in [6, 6.07) is 7.59. The molecule has 1 aliphatic rings. The van der Waals surface area contributed by atoms with Crippen LogP contribution in [-0.2, 0) is 9.84 Å². The van der Waals surface area contributed by atoms with Gasteiger partial charge in [0.1, 0.15) is 0 Å². The SMILES string of the molecule is CS(=O)(=O)C1CCCN(C(=O)c2cncc3ccccc23)C1. The fraction of sp³-hybridized carbons (Fsp3) is 0.375. The monoisotopic (exact) mass is 318 g/mol. The van der Waals surface area contributed by atoms with Crippen LogP contribution in [0.25, 0.3) is 10.8 Å². The zero-order valence-electron chi connectivity index (χ0n) is 12.4. The molecule has 1 fully saturated rings. The molecular weight excluding hydrogens is 300 g/mol. The second-order valence-corrected chi connectivity index (χ2v) is 8.08. The first-order valence-electron chi connectivity index (χ1n) is 7.28. The van der Waals surface area contributed by atoms with Gasteiger partial charge >= 0.3 is 0 Å². The molecule has 1 amide bonds. The number of fused-ring (bicyclic) bond motifs is 1. The number of pyridine rings is 1. The number of rotatable bonds is 2. The Hall–Kier alpha value is -1.95. The van der Waals surface area contributed by atoms with Gasteiger partial charge in [-0.2, -0.15) is 0 Å². The van der Waals surface area contributed by atoms with Gasteiger partial charge in [0.15, 0.2) is 9.84 Å². The number of likely N-dealkylation sites (tertiary alicyclic amines) is 1. The molecule has 0 N–H and O–H groups in total. The van der Waals surface area contributed by atoms with E-state index in [9.17, 15) is 13.2 Å². The van der Waals surface area contributed by atoms with E-state index in [0.717, 1.165) is 10.8 Å². The minimum atomic E-state index is -3.13. The lowest BCUT2D eigenvalue weighted by Gasteiger charge is -2.32. The summed E-state index contributed by atoms with van der Waals surface area (Å²) in [4.78, 5) is 18.5. The molecule has 0 radical (unpaired) electrons. The molecule has 3 rings (SSSR count). The Bertz CT molecular complexity index is 812. The summed E-state index contributed by atoms with van der Waals surface area (Å²) < 4.78 is 23.5. The summed E-state index contributed by atoms with van der Waals surface area (Å²) in [6.45, 7) is 0.856. The van der Waals surface area contributed by atoms with Gasteiger partial charge in [0.05, 0.1) is 10.8 Å². The average molecular weight is 318 g/mol. The first-order valence-corrected chi connectivity index (χ1v) is 9.23. The van der Waals surface area contributed by atoms with E-state index in [-0.39, 0.29) is 12.5 Å². The third-order valence-corrected chi connectivity index (χ3v) is 5.77. The van der Waals surface area contributed by atoms with Crippen LogP contribution in [0.15, 0.2) is 36.7 Å². The van der Waals surface area contributed by atoms with Crippen molar-refractivity contribution in [2.75, 3.05) is 19.3 Å². The number of sulfone groups is 1. The van der Waals surface area contributed by atoms with E-state index < -0.39 is 15.1 Å². The maximum absolute atomic E-state index is 12.8. The molecule has 22 heavy (non-hydrogen) atoms. The average Bonchev–Trinajstić information content (AvgIpc) is 2.53. The van der Waals surface area contributed by atoms with Crippen molar-refractivity contribution in [3.05, 3.63) is 42.2 Å². The Morgan fingerprint density at radius 2 is 2.05 bits per heavy atom. The van der Waals surface area contributed by atoms with E-state index >= 15 is 0 Å². The number of nitrogens with zero attached hydrogens (tertiary/aromatic N) is 2. The molecule has 6 heteroatoms. The van der Waals surface area contributed by atoms with Crippen molar-refractivity contribution < 1.29 is 13.2 Å². The van der Waals surface area contributed by atoms with Gasteiger partial charge in [0.2, 0.25) is 0 Å².